The van der Waals surface area contributed by atoms with Gasteiger partial charge in [0.05, 0.1) is 17.8 Å². The van der Waals surface area contributed by atoms with E-state index in [4.69, 9.17) is 22.1 Å². The van der Waals surface area contributed by atoms with Crippen LogP contribution in [0.5, 0.6) is 5.75 Å². The Morgan fingerprint density at radius 2 is 2.17 bits per heavy atom. The molecule has 0 bridgehead atoms. The van der Waals surface area contributed by atoms with E-state index in [0.29, 0.717) is 28.6 Å². The van der Waals surface area contributed by atoms with Gasteiger partial charge in [0.15, 0.2) is 0 Å². The monoisotopic (exact) mass is 331 g/mol. The Kier molecular flexibility index (Phi) is 6.00. The lowest BCUT2D eigenvalue weighted by molar-refractivity contribution is 0.0955. The Morgan fingerprint density at radius 1 is 1.35 bits per heavy atom. The Morgan fingerprint density at radius 3 is 2.87 bits per heavy atom. The van der Waals surface area contributed by atoms with Crippen molar-refractivity contribution >= 4 is 29.4 Å². The second-order valence-corrected chi connectivity index (χ2v) is 5.27. The van der Waals surface area contributed by atoms with Crippen molar-refractivity contribution in [1.29, 1.82) is 0 Å². The second-order valence-electron chi connectivity index (χ2n) is 4.86. The Labute approximate surface area is 140 Å². The smallest absolute Gasteiger partial charge is 0.271 e. The molecular weight excluding hydrogens is 314 g/mol. The first-order chi connectivity index (χ1) is 11.1. The van der Waals surface area contributed by atoms with Crippen molar-refractivity contribution in [2.45, 2.75) is 13.3 Å². The van der Waals surface area contributed by atoms with Crippen LogP contribution in [0.15, 0.2) is 47.6 Å². The molecule has 0 aromatic heterocycles. The molecule has 3 N–H and O–H groups in total. The van der Waals surface area contributed by atoms with Crippen LogP contribution in [-0.4, -0.2) is 18.7 Å². The highest BCUT2D eigenvalue weighted by molar-refractivity contribution is 6.32. The molecule has 0 aliphatic carbocycles. The molecule has 2 aromatic carbocycles. The van der Waals surface area contributed by atoms with Gasteiger partial charge in [-0.15, -0.1) is 0 Å². The SMILES string of the molecule is CCCOc1ccc(/C=N\NC(=O)c2cccc(N)c2)cc1Cl. The summed E-state index contributed by atoms with van der Waals surface area (Å²) in [5.41, 5.74) is 9.81. The van der Waals surface area contributed by atoms with Crippen LogP contribution in [0.4, 0.5) is 5.69 Å². The number of rotatable bonds is 6. The maximum Gasteiger partial charge on any atom is 0.271 e. The molecule has 0 radical (unpaired) electrons. The molecular formula is C17H18ClN3O2. The molecule has 5 nitrogen and oxygen atoms in total. The van der Waals surface area contributed by atoms with E-state index in [1.807, 2.05) is 13.0 Å². The lowest BCUT2D eigenvalue weighted by Crippen LogP contribution is -2.17. The molecule has 0 saturated heterocycles. The Balaban J connectivity index is 1.97. The summed E-state index contributed by atoms with van der Waals surface area (Å²) in [6, 6.07) is 12.0. The van der Waals surface area contributed by atoms with Crippen LogP contribution in [0.3, 0.4) is 0 Å². The van der Waals surface area contributed by atoms with Crippen LogP contribution in [0.2, 0.25) is 5.02 Å². The van der Waals surface area contributed by atoms with Crippen molar-refractivity contribution < 1.29 is 9.53 Å². The fourth-order valence-corrected chi connectivity index (χ4v) is 2.08. The number of hydrazone groups is 1. The number of hydrogen-bond donors (Lipinski definition) is 2. The fraction of sp³-hybridized carbons (Fsp3) is 0.176. The number of benzene rings is 2. The third kappa shape index (κ3) is 5.00. The van der Waals surface area contributed by atoms with Gasteiger partial charge in [-0.3, -0.25) is 4.79 Å². The minimum atomic E-state index is -0.331. The van der Waals surface area contributed by atoms with E-state index in [2.05, 4.69) is 10.5 Å². The number of carbonyl (C=O) groups excluding carboxylic acids is 1. The number of ether oxygens (including phenoxy) is 1. The Bertz CT molecular complexity index is 717. The van der Waals surface area contributed by atoms with E-state index in [1.54, 1.807) is 36.4 Å². The molecule has 2 aromatic rings. The Hall–Kier alpha value is -2.53. The van der Waals surface area contributed by atoms with E-state index < -0.39 is 0 Å². The molecule has 6 heteroatoms. The van der Waals surface area contributed by atoms with Crippen LogP contribution >= 0.6 is 11.6 Å². The van der Waals surface area contributed by atoms with Crippen molar-refractivity contribution in [2.24, 2.45) is 5.10 Å². The zero-order chi connectivity index (χ0) is 16.7. The lowest BCUT2D eigenvalue weighted by Gasteiger charge is -2.06. The summed E-state index contributed by atoms with van der Waals surface area (Å²) >= 11 is 6.13. The van der Waals surface area contributed by atoms with E-state index >= 15 is 0 Å². The van der Waals surface area contributed by atoms with Crippen LogP contribution in [0.1, 0.15) is 29.3 Å². The third-order valence-corrected chi connectivity index (χ3v) is 3.24. The number of nitrogen functional groups attached to an aromatic ring is 1. The van der Waals surface area contributed by atoms with Crippen LogP contribution in [0.25, 0.3) is 0 Å². The quantitative estimate of drug-likeness (QED) is 0.483. The molecule has 0 atom stereocenters. The largest absolute Gasteiger partial charge is 0.492 e. The van der Waals surface area contributed by atoms with E-state index in [0.717, 1.165) is 12.0 Å². The predicted molar refractivity (Wildman–Crippen MR) is 93.2 cm³/mol. The van der Waals surface area contributed by atoms with Gasteiger partial charge in [0.1, 0.15) is 5.75 Å². The molecule has 2 rings (SSSR count). The molecule has 0 saturated carbocycles. The number of anilines is 1. The highest BCUT2D eigenvalue weighted by Gasteiger charge is 2.04. The van der Waals surface area contributed by atoms with Crippen molar-refractivity contribution in [3.05, 3.63) is 58.6 Å². The molecule has 0 aliphatic heterocycles. The van der Waals surface area contributed by atoms with Crippen LogP contribution in [-0.2, 0) is 0 Å². The van der Waals surface area contributed by atoms with Gasteiger partial charge < -0.3 is 10.5 Å². The predicted octanol–water partition coefficient (Wildman–Crippen LogP) is 3.47. The molecule has 0 spiro atoms. The average molecular weight is 332 g/mol. The zero-order valence-corrected chi connectivity index (χ0v) is 13.5. The third-order valence-electron chi connectivity index (χ3n) is 2.95. The molecule has 0 unspecified atom stereocenters. The van der Waals surface area contributed by atoms with Gasteiger partial charge in [-0.2, -0.15) is 5.10 Å². The van der Waals surface area contributed by atoms with E-state index in [9.17, 15) is 4.79 Å². The molecule has 23 heavy (non-hydrogen) atoms. The number of carbonyl (C=O) groups is 1. The first kappa shape index (κ1) is 16.8. The molecule has 0 heterocycles. The summed E-state index contributed by atoms with van der Waals surface area (Å²) in [5.74, 6) is 0.303. The molecule has 1 amide bonds. The van der Waals surface area contributed by atoms with Gasteiger partial charge in [-0.1, -0.05) is 24.6 Å². The summed E-state index contributed by atoms with van der Waals surface area (Å²) in [5, 5.41) is 4.42. The van der Waals surface area contributed by atoms with Gasteiger partial charge in [-0.05, 0) is 48.4 Å². The van der Waals surface area contributed by atoms with Gasteiger partial charge in [-0.25, -0.2) is 5.43 Å². The number of nitrogens with one attached hydrogen (secondary N) is 1. The van der Waals surface area contributed by atoms with Gasteiger partial charge in [0.25, 0.3) is 5.91 Å². The van der Waals surface area contributed by atoms with E-state index in [-0.39, 0.29) is 5.91 Å². The highest BCUT2D eigenvalue weighted by atomic mass is 35.5. The number of nitrogens with two attached hydrogens (primary N) is 1. The minimum Gasteiger partial charge on any atom is -0.492 e. The van der Waals surface area contributed by atoms with Gasteiger partial charge in [0.2, 0.25) is 0 Å². The highest BCUT2D eigenvalue weighted by Crippen LogP contribution is 2.25. The molecule has 120 valence electrons. The summed E-state index contributed by atoms with van der Waals surface area (Å²) in [6.45, 7) is 2.64. The standard InChI is InChI=1S/C17H18ClN3O2/c1-2-8-23-16-7-6-12(9-15(16)18)11-20-21-17(22)13-4-3-5-14(19)10-13/h3-7,9-11H,2,8,19H2,1H3,(H,21,22)/b20-11-. The van der Waals surface area contributed by atoms with Gasteiger partial charge in [0, 0.05) is 11.3 Å². The first-order valence-electron chi connectivity index (χ1n) is 7.21. The minimum absolute atomic E-state index is 0.331. The summed E-state index contributed by atoms with van der Waals surface area (Å²) in [6.07, 6.45) is 2.43. The number of halogens is 1. The maximum absolute atomic E-state index is 11.9. The molecule has 0 fully saturated rings. The fourth-order valence-electron chi connectivity index (χ4n) is 1.84. The first-order valence-corrected chi connectivity index (χ1v) is 7.59. The summed E-state index contributed by atoms with van der Waals surface area (Å²) < 4.78 is 5.49. The van der Waals surface area contributed by atoms with Gasteiger partial charge >= 0.3 is 0 Å². The topological polar surface area (TPSA) is 76.7 Å². The van der Waals surface area contributed by atoms with Crippen LogP contribution in [0, 0.1) is 0 Å². The van der Waals surface area contributed by atoms with Crippen molar-refractivity contribution in [1.82, 2.24) is 5.43 Å². The van der Waals surface area contributed by atoms with Crippen LogP contribution < -0.4 is 15.9 Å². The maximum atomic E-state index is 11.9. The number of amides is 1. The normalized spacial score (nSPS) is 10.7. The summed E-state index contributed by atoms with van der Waals surface area (Å²) in [4.78, 5) is 11.9. The lowest BCUT2D eigenvalue weighted by atomic mass is 10.2. The number of hydrogen-bond acceptors (Lipinski definition) is 4. The zero-order valence-electron chi connectivity index (χ0n) is 12.8. The van der Waals surface area contributed by atoms with Crippen molar-refractivity contribution in [3.8, 4) is 5.75 Å². The number of nitrogens with zero attached hydrogens (tertiary/aromatic N) is 1. The van der Waals surface area contributed by atoms with Crippen molar-refractivity contribution in [2.75, 3.05) is 12.3 Å². The molecule has 0 aliphatic rings. The average Bonchev–Trinajstić information content (AvgIpc) is 2.54. The van der Waals surface area contributed by atoms with Crippen molar-refractivity contribution in [3.63, 3.8) is 0 Å². The van der Waals surface area contributed by atoms with E-state index in [1.165, 1.54) is 6.21 Å². The summed E-state index contributed by atoms with van der Waals surface area (Å²) in [7, 11) is 0. The second kappa shape index (κ2) is 8.19.